The second-order valence-electron chi connectivity index (χ2n) is 6.62. The van der Waals surface area contributed by atoms with Gasteiger partial charge in [0.1, 0.15) is 0 Å². The molecule has 0 bridgehead atoms. The summed E-state index contributed by atoms with van der Waals surface area (Å²) in [4.78, 5) is 2.47. The van der Waals surface area contributed by atoms with Crippen molar-refractivity contribution in [3.05, 3.63) is 0 Å². The fourth-order valence-corrected chi connectivity index (χ4v) is 3.59. The predicted molar refractivity (Wildman–Crippen MR) is 74.2 cm³/mol. The van der Waals surface area contributed by atoms with Crippen LogP contribution in [0.3, 0.4) is 0 Å². The summed E-state index contributed by atoms with van der Waals surface area (Å²) in [5, 5.41) is 3.91. The molecule has 2 fully saturated rings. The Morgan fingerprint density at radius 3 is 2.29 bits per heavy atom. The number of rotatable bonds is 3. The average Bonchev–Trinajstić information content (AvgIpc) is 2.29. The van der Waals surface area contributed by atoms with Gasteiger partial charge >= 0.3 is 0 Å². The molecule has 1 saturated carbocycles. The van der Waals surface area contributed by atoms with E-state index in [1.807, 2.05) is 0 Å². The Kier molecular flexibility index (Phi) is 4.87. The van der Waals surface area contributed by atoms with Crippen molar-refractivity contribution < 1.29 is 0 Å². The summed E-state index contributed by atoms with van der Waals surface area (Å²) >= 11 is 0. The summed E-state index contributed by atoms with van der Waals surface area (Å²) in [6, 6.07) is 1.57. The number of likely N-dealkylation sites (N-methyl/N-ethyl adjacent to an activating group) is 1. The molecule has 17 heavy (non-hydrogen) atoms. The third kappa shape index (κ3) is 3.96. The molecule has 1 atom stereocenters. The molecule has 0 aromatic heterocycles. The normalized spacial score (nSPS) is 36.4. The van der Waals surface area contributed by atoms with Gasteiger partial charge in [0, 0.05) is 18.6 Å². The van der Waals surface area contributed by atoms with Crippen LogP contribution < -0.4 is 5.32 Å². The number of nitrogens with one attached hydrogen (secondary N) is 1. The number of nitrogens with zero attached hydrogens (tertiary/aromatic N) is 1. The van der Waals surface area contributed by atoms with Gasteiger partial charge in [-0.1, -0.05) is 13.8 Å². The van der Waals surface area contributed by atoms with Crippen LogP contribution in [0.5, 0.6) is 0 Å². The highest BCUT2D eigenvalue weighted by molar-refractivity contribution is 4.84. The van der Waals surface area contributed by atoms with E-state index < -0.39 is 0 Å². The zero-order valence-corrected chi connectivity index (χ0v) is 11.9. The van der Waals surface area contributed by atoms with Crippen molar-refractivity contribution in [1.82, 2.24) is 10.2 Å². The summed E-state index contributed by atoms with van der Waals surface area (Å²) in [5.41, 5.74) is 0. The maximum absolute atomic E-state index is 3.91. The molecule has 0 amide bonds. The first-order valence-electron chi connectivity index (χ1n) is 7.59. The van der Waals surface area contributed by atoms with Gasteiger partial charge in [-0.2, -0.15) is 0 Å². The molecule has 0 spiro atoms. The maximum atomic E-state index is 3.91. The Hall–Kier alpha value is -0.0800. The Bertz CT molecular complexity index is 219. The zero-order valence-electron chi connectivity index (χ0n) is 11.9. The number of hydrogen-bond donors (Lipinski definition) is 1. The lowest BCUT2D eigenvalue weighted by molar-refractivity contribution is 0.183. The Balaban J connectivity index is 1.70. The lowest BCUT2D eigenvalue weighted by atomic mass is 9.79. The van der Waals surface area contributed by atoms with Crippen molar-refractivity contribution in [1.29, 1.82) is 0 Å². The number of piperidine rings is 1. The van der Waals surface area contributed by atoms with Crippen LogP contribution in [0.1, 0.15) is 52.4 Å². The van der Waals surface area contributed by atoms with Crippen molar-refractivity contribution in [2.75, 3.05) is 20.1 Å². The van der Waals surface area contributed by atoms with E-state index in [9.17, 15) is 0 Å². The van der Waals surface area contributed by atoms with Gasteiger partial charge in [-0.05, 0) is 64.0 Å². The van der Waals surface area contributed by atoms with Crippen molar-refractivity contribution in [2.24, 2.45) is 11.8 Å². The van der Waals surface area contributed by atoms with Crippen LogP contribution in [0.25, 0.3) is 0 Å². The third-order valence-corrected chi connectivity index (χ3v) is 4.81. The predicted octanol–water partition coefficient (Wildman–Crippen LogP) is 2.89. The highest BCUT2D eigenvalue weighted by Crippen LogP contribution is 2.30. The summed E-state index contributed by atoms with van der Waals surface area (Å²) in [7, 11) is 2.25. The van der Waals surface area contributed by atoms with Gasteiger partial charge in [-0.3, -0.25) is 0 Å². The summed E-state index contributed by atoms with van der Waals surface area (Å²) in [5.74, 6) is 1.87. The lowest BCUT2D eigenvalue weighted by Gasteiger charge is -2.37. The number of likely N-dealkylation sites (tertiary alicyclic amines) is 1. The van der Waals surface area contributed by atoms with Gasteiger partial charge in [-0.15, -0.1) is 0 Å². The second kappa shape index (κ2) is 6.19. The van der Waals surface area contributed by atoms with Crippen molar-refractivity contribution >= 4 is 0 Å². The molecule has 2 rings (SSSR count). The van der Waals surface area contributed by atoms with Crippen LogP contribution >= 0.6 is 0 Å². The lowest BCUT2D eigenvalue weighted by Crippen LogP contribution is -2.48. The molecular weight excluding hydrogens is 208 g/mol. The van der Waals surface area contributed by atoms with Crippen LogP contribution in [0, 0.1) is 11.8 Å². The van der Waals surface area contributed by atoms with Crippen molar-refractivity contribution in [2.45, 2.75) is 64.5 Å². The number of hydrogen-bond acceptors (Lipinski definition) is 2. The fourth-order valence-electron chi connectivity index (χ4n) is 3.59. The van der Waals surface area contributed by atoms with Crippen LogP contribution in [-0.4, -0.2) is 37.1 Å². The topological polar surface area (TPSA) is 15.3 Å². The standard InChI is InChI=1S/C15H30N2/c1-12(2)13-6-8-14(9-7-13)16-15-5-4-10-17(3)11-15/h12-16H,4-11H2,1-3H3. The van der Waals surface area contributed by atoms with Crippen LogP contribution in [-0.2, 0) is 0 Å². The zero-order chi connectivity index (χ0) is 12.3. The van der Waals surface area contributed by atoms with E-state index in [0.717, 1.165) is 23.9 Å². The molecule has 2 nitrogen and oxygen atoms in total. The first-order chi connectivity index (χ1) is 8.15. The third-order valence-electron chi connectivity index (χ3n) is 4.81. The van der Waals surface area contributed by atoms with E-state index in [2.05, 4.69) is 31.1 Å². The highest BCUT2D eigenvalue weighted by Gasteiger charge is 2.26. The maximum Gasteiger partial charge on any atom is 0.0197 e. The van der Waals surface area contributed by atoms with E-state index in [1.165, 1.54) is 51.6 Å². The Labute approximate surface area is 107 Å². The Morgan fingerprint density at radius 1 is 1.00 bits per heavy atom. The van der Waals surface area contributed by atoms with Gasteiger partial charge < -0.3 is 10.2 Å². The van der Waals surface area contributed by atoms with Crippen LogP contribution in [0.4, 0.5) is 0 Å². The molecule has 100 valence electrons. The van der Waals surface area contributed by atoms with E-state index >= 15 is 0 Å². The SMILES string of the molecule is CC(C)C1CCC(NC2CCCN(C)C2)CC1. The van der Waals surface area contributed by atoms with E-state index in [-0.39, 0.29) is 0 Å². The van der Waals surface area contributed by atoms with E-state index in [1.54, 1.807) is 0 Å². The van der Waals surface area contributed by atoms with Gasteiger partial charge in [0.05, 0.1) is 0 Å². The highest BCUT2D eigenvalue weighted by atomic mass is 15.1. The van der Waals surface area contributed by atoms with Gasteiger partial charge in [-0.25, -0.2) is 0 Å². The molecule has 0 aromatic carbocycles. The molecule has 1 N–H and O–H groups in total. The molecule has 1 saturated heterocycles. The summed E-state index contributed by atoms with van der Waals surface area (Å²) in [6.07, 6.45) is 8.45. The smallest absolute Gasteiger partial charge is 0.0197 e. The molecule has 0 aromatic rings. The van der Waals surface area contributed by atoms with Gasteiger partial charge in [0.15, 0.2) is 0 Å². The second-order valence-corrected chi connectivity index (χ2v) is 6.62. The van der Waals surface area contributed by atoms with Crippen LogP contribution in [0.2, 0.25) is 0 Å². The van der Waals surface area contributed by atoms with Crippen molar-refractivity contribution in [3.63, 3.8) is 0 Å². The average molecular weight is 238 g/mol. The summed E-state index contributed by atoms with van der Waals surface area (Å²) in [6.45, 7) is 7.31. The quantitative estimate of drug-likeness (QED) is 0.813. The minimum absolute atomic E-state index is 0.759. The first kappa shape index (κ1) is 13.4. The molecule has 1 unspecified atom stereocenters. The minimum atomic E-state index is 0.759. The molecule has 2 heteroatoms. The largest absolute Gasteiger partial charge is 0.310 e. The van der Waals surface area contributed by atoms with Crippen LogP contribution in [0.15, 0.2) is 0 Å². The fraction of sp³-hybridized carbons (Fsp3) is 1.00. The van der Waals surface area contributed by atoms with E-state index in [4.69, 9.17) is 0 Å². The van der Waals surface area contributed by atoms with Gasteiger partial charge in [0.25, 0.3) is 0 Å². The van der Waals surface area contributed by atoms with Crippen molar-refractivity contribution in [3.8, 4) is 0 Å². The van der Waals surface area contributed by atoms with Gasteiger partial charge in [0.2, 0.25) is 0 Å². The minimum Gasteiger partial charge on any atom is -0.310 e. The first-order valence-corrected chi connectivity index (χ1v) is 7.59. The molecule has 2 aliphatic rings. The molecule has 1 heterocycles. The monoisotopic (exact) mass is 238 g/mol. The molecule has 0 radical (unpaired) electrons. The molecule has 1 aliphatic heterocycles. The Morgan fingerprint density at radius 2 is 1.71 bits per heavy atom. The summed E-state index contributed by atoms with van der Waals surface area (Å²) < 4.78 is 0. The molecule has 1 aliphatic carbocycles. The molecular formula is C15H30N2. The van der Waals surface area contributed by atoms with E-state index in [0.29, 0.717) is 0 Å².